The summed E-state index contributed by atoms with van der Waals surface area (Å²) >= 11 is 1.61. The molecule has 3 nitrogen and oxygen atoms in total. The number of hydrogen-bond donors (Lipinski definition) is 1. The van der Waals surface area contributed by atoms with Crippen LogP contribution in [0.1, 0.15) is 34.1 Å². The molecule has 0 spiro atoms. The highest BCUT2D eigenvalue weighted by Crippen LogP contribution is 2.23. The first-order valence-electron chi connectivity index (χ1n) is 6.53. The molecule has 0 radical (unpaired) electrons. The van der Waals surface area contributed by atoms with Crippen LogP contribution in [-0.2, 0) is 6.61 Å². The van der Waals surface area contributed by atoms with Crippen LogP contribution < -0.4 is 10.1 Å². The van der Waals surface area contributed by atoms with Gasteiger partial charge in [-0.1, -0.05) is 6.07 Å². The van der Waals surface area contributed by atoms with Crippen molar-refractivity contribution < 1.29 is 9.13 Å². The summed E-state index contributed by atoms with van der Waals surface area (Å²) in [5, 5.41) is 3.93. The van der Waals surface area contributed by atoms with E-state index in [9.17, 15) is 4.39 Å². The Hall–Kier alpha value is -1.46. The number of nitrogens with zero attached hydrogens (tertiary/aromatic N) is 1. The van der Waals surface area contributed by atoms with Crippen LogP contribution in [0.15, 0.2) is 18.2 Å². The van der Waals surface area contributed by atoms with E-state index in [1.807, 2.05) is 27.8 Å². The monoisotopic (exact) mass is 294 g/mol. The summed E-state index contributed by atoms with van der Waals surface area (Å²) in [6.07, 6.45) is 0. The van der Waals surface area contributed by atoms with E-state index in [1.165, 1.54) is 10.9 Å². The molecule has 2 rings (SSSR count). The van der Waals surface area contributed by atoms with Crippen molar-refractivity contribution >= 4 is 11.3 Å². The lowest BCUT2D eigenvalue weighted by Crippen LogP contribution is -2.13. The Morgan fingerprint density at radius 1 is 1.40 bits per heavy atom. The van der Waals surface area contributed by atoms with E-state index in [1.54, 1.807) is 23.5 Å². The summed E-state index contributed by atoms with van der Waals surface area (Å²) in [4.78, 5) is 5.58. The zero-order valence-corrected chi connectivity index (χ0v) is 13.0. The van der Waals surface area contributed by atoms with Crippen molar-refractivity contribution in [3.63, 3.8) is 0 Å². The summed E-state index contributed by atoms with van der Waals surface area (Å²) in [7, 11) is 1.81. The second kappa shape index (κ2) is 6.33. The van der Waals surface area contributed by atoms with E-state index in [0.717, 1.165) is 10.7 Å². The van der Waals surface area contributed by atoms with Crippen molar-refractivity contribution in [3.05, 3.63) is 45.2 Å². The lowest BCUT2D eigenvalue weighted by Gasteiger charge is -2.12. The van der Waals surface area contributed by atoms with Gasteiger partial charge in [0.25, 0.3) is 0 Å². The number of aryl methyl sites for hydroxylation is 2. The molecule has 1 aromatic heterocycles. The molecule has 2 aromatic rings. The van der Waals surface area contributed by atoms with E-state index in [2.05, 4.69) is 10.3 Å². The maximum atomic E-state index is 13.9. The van der Waals surface area contributed by atoms with E-state index < -0.39 is 0 Å². The molecule has 108 valence electrons. The number of aromatic nitrogens is 1. The van der Waals surface area contributed by atoms with Crippen molar-refractivity contribution in [1.29, 1.82) is 0 Å². The van der Waals surface area contributed by atoms with Crippen LogP contribution in [0.3, 0.4) is 0 Å². The molecule has 20 heavy (non-hydrogen) atoms. The first-order valence-corrected chi connectivity index (χ1v) is 7.35. The third kappa shape index (κ3) is 3.35. The van der Waals surface area contributed by atoms with Gasteiger partial charge >= 0.3 is 0 Å². The van der Waals surface area contributed by atoms with Gasteiger partial charge in [0.2, 0.25) is 0 Å². The Labute approximate surface area is 122 Å². The number of halogens is 1. The summed E-state index contributed by atoms with van der Waals surface area (Å²) in [6, 6.07) is 4.95. The van der Waals surface area contributed by atoms with Gasteiger partial charge in [-0.25, -0.2) is 9.37 Å². The Bertz CT molecular complexity index is 578. The average Bonchev–Trinajstić information content (AvgIpc) is 2.75. The summed E-state index contributed by atoms with van der Waals surface area (Å²) in [5.41, 5.74) is 1.67. The summed E-state index contributed by atoms with van der Waals surface area (Å²) < 4.78 is 19.5. The minimum absolute atomic E-state index is 0.0201. The number of benzene rings is 1. The lowest BCUT2D eigenvalue weighted by atomic mass is 10.1. The molecule has 0 amide bonds. The minimum atomic E-state index is -0.254. The zero-order chi connectivity index (χ0) is 14.7. The van der Waals surface area contributed by atoms with Gasteiger partial charge in [-0.05, 0) is 33.9 Å². The van der Waals surface area contributed by atoms with Crippen molar-refractivity contribution in [2.75, 3.05) is 7.05 Å². The molecule has 0 aliphatic heterocycles. The van der Waals surface area contributed by atoms with Crippen LogP contribution in [-0.4, -0.2) is 12.0 Å². The zero-order valence-electron chi connectivity index (χ0n) is 12.2. The number of ether oxygens (including phenoxy) is 1. The largest absolute Gasteiger partial charge is 0.486 e. The predicted octanol–water partition coefficient (Wildman–Crippen LogP) is 3.76. The fourth-order valence-corrected chi connectivity index (χ4v) is 2.70. The number of thiazole rings is 1. The fraction of sp³-hybridized carbons (Fsp3) is 0.400. The smallest absolute Gasteiger partial charge is 0.140 e. The molecular weight excluding hydrogens is 275 g/mol. The highest BCUT2D eigenvalue weighted by Gasteiger charge is 2.10. The quantitative estimate of drug-likeness (QED) is 0.911. The highest BCUT2D eigenvalue weighted by molar-refractivity contribution is 7.11. The van der Waals surface area contributed by atoms with Crippen LogP contribution in [0.2, 0.25) is 0 Å². The fourth-order valence-electron chi connectivity index (χ4n) is 1.85. The molecule has 0 fully saturated rings. The number of hydrogen-bond acceptors (Lipinski definition) is 4. The van der Waals surface area contributed by atoms with Gasteiger partial charge < -0.3 is 10.1 Å². The maximum absolute atomic E-state index is 13.9. The molecule has 1 aromatic carbocycles. The van der Waals surface area contributed by atoms with Crippen molar-refractivity contribution in [2.24, 2.45) is 0 Å². The number of rotatable bonds is 5. The van der Waals surface area contributed by atoms with Crippen LogP contribution in [0, 0.1) is 19.7 Å². The van der Waals surface area contributed by atoms with Gasteiger partial charge in [0.1, 0.15) is 23.2 Å². The topological polar surface area (TPSA) is 34.1 Å². The predicted molar refractivity (Wildman–Crippen MR) is 79.8 cm³/mol. The normalized spacial score (nSPS) is 12.4. The molecule has 0 aliphatic rings. The number of nitrogens with one attached hydrogen (secondary N) is 1. The lowest BCUT2D eigenvalue weighted by molar-refractivity contribution is 0.303. The molecule has 0 saturated heterocycles. The summed E-state index contributed by atoms with van der Waals surface area (Å²) in [5.74, 6) is 0.274. The Balaban J connectivity index is 2.05. The Morgan fingerprint density at radius 2 is 2.15 bits per heavy atom. The molecule has 1 N–H and O–H groups in total. The molecule has 0 saturated carbocycles. The van der Waals surface area contributed by atoms with Gasteiger partial charge in [0.05, 0.1) is 5.69 Å². The first-order chi connectivity index (χ1) is 9.51. The third-order valence-corrected chi connectivity index (χ3v) is 4.35. The van der Waals surface area contributed by atoms with Gasteiger partial charge in [0, 0.05) is 22.5 Å². The summed E-state index contributed by atoms with van der Waals surface area (Å²) in [6.45, 7) is 6.30. The van der Waals surface area contributed by atoms with Gasteiger partial charge in [-0.15, -0.1) is 11.3 Å². The first kappa shape index (κ1) is 14.9. The molecular formula is C15H19FN2OS. The van der Waals surface area contributed by atoms with Crippen LogP contribution in [0.4, 0.5) is 4.39 Å². The van der Waals surface area contributed by atoms with Gasteiger partial charge in [0.15, 0.2) is 0 Å². The average molecular weight is 294 g/mol. The van der Waals surface area contributed by atoms with E-state index in [4.69, 9.17) is 4.74 Å². The van der Waals surface area contributed by atoms with E-state index in [-0.39, 0.29) is 11.9 Å². The Kier molecular flexibility index (Phi) is 4.73. The van der Waals surface area contributed by atoms with Crippen LogP contribution >= 0.6 is 11.3 Å². The minimum Gasteiger partial charge on any atom is -0.486 e. The second-order valence-corrected chi connectivity index (χ2v) is 6.02. The van der Waals surface area contributed by atoms with Crippen molar-refractivity contribution in [1.82, 2.24) is 10.3 Å². The highest BCUT2D eigenvalue weighted by atomic mass is 32.1. The van der Waals surface area contributed by atoms with E-state index >= 15 is 0 Å². The van der Waals surface area contributed by atoms with Crippen LogP contribution in [0.25, 0.3) is 0 Å². The molecule has 5 heteroatoms. The molecule has 1 atom stereocenters. The molecule has 0 aliphatic carbocycles. The molecule has 1 unspecified atom stereocenters. The SMILES string of the molecule is CNC(C)c1ccc(OCc2nc(C)c(C)s2)cc1F. The molecule has 0 bridgehead atoms. The molecule has 1 heterocycles. The second-order valence-electron chi connectivity index (χ2n) is 4.73. The van der Waals surface area contributed by atoms with Crippen molar-refractivity contribution in [2.45, 2.75) is 33.4 Å². The van der Waals surface area contributed by atoms with Crippen LogP contribution in [0.5, 0.6) is 5.75 Å². The third-order valence-electron chi connectivity index (χ3n) is 3.31. The van der Waals surface area contributed by atoms with Crippen molar-refractivity contribution in [3.8, 4) is 5.75 Å². The van der Waals surface area contributed by atoms with Gasteiger partial charge in [-0.3, -0.25) is 0 Å². The van der Waals surface area contributed by atoms with Gasteiger partial charge in [-0.2, -0.15) is 0 Å². The maximum Gasteiger partial charge on any atom is 0.140 e. The standard InChI is InChI=1S/C15H19FN2OS/c1-9-11(3)20-15(18-9)8-19-12-5-6-13(10(2)17-4)14(16)7-12/h5-7,10,17H,8H2,1-4H3. The van der Waals surface area contributed by atoms with E-state index in [0.29, 0.717) is 17.9 Å². The Morgan fingerprint density at radius 3 is 2.70 bits per heavy atom.